The van der Waals surface area contributed by atoms with Crippen molar-refractivity contribution in [2.24, 2.45) is 0 Å². The van der Waals surface area contributed by atoms with E-state index in [-0.39, 0.29) is 34.6 Å². The van der Waals surface area contributed by atoms with Gasteiger partial charge >= 0.3 is 12.3 Å². The summed E-state index contributed by atoms with van der Waals surface area (Å²) in [6, 6.07) is 5.67. The third kappa shape index (κ3) is 4.69. The molecule has 12 heteroatoms. The summed E-state index contributed by atoms with van der Waals surface area (Å²) in [5.41, 5.74) is -0.863. The van der Waals surface area contributed by atoms with Crippen LogP contribution in [0.3, 0.4) is 0 Å². The summed E-state index contributed by atoms with van der Waals surface area (Å²) < 4.78 is 49.4. The second kappa shape index (κ2) is 8.77. The third-order valence-electron chi connectivity index (χ3n) is 7.61. The van der Waals surface area contributed by atoms with E-state index in [1.165, 1.54) is 16.7 Å². The third-order valence-corrected chi connectivity index (χ3v) is 7.61. The van der Waals surface area contributed by atoms with Gasteiger partial charge in [-0.25, -0.2) is 19.3 Å². The van der Waals surface area contributed by atoms with E-state index in [9.17, 15) is 22.8 Å². The molecule has 2 aliphatic rings. The zero-order valence-electron chi connectivity index (χ0n) is 22.6. The van der Waals surface area contributed by atoms with Gasteiger partial charge in [0.15, 0.2) is 5.65 Å². The van der Waals surface area contributed by atoms with Crippen LogP contribution in [0.4, 0.5) is 18.0 Å². The lowest BCUT2D eigenvalue weighted by atomic mass is 9.84. The van der Waals surface area contributed by atoms with Crippen molar-refractivity contribution in [3.63, 3.8) is 0 Å². The predicted molar refractivity (Wildman–Crippen MR) is 140 cm³/mol. The lowest BCUT2D eigenvalue weighted by Crippen LogP contribution is -2.49. The Morgan fingerprint density at radius 2 is 1.82 bits per heavy atom. The molecule has 1 saturated carbocycles. The van der Waals surface area contributed by atoms with Crippen molar-refractivity contribution in [3.8, 4) is 11.4 Å². The fraction of sp³-hybridized carbons (Fsp3) is 0.464. The standard InChI is InChI=1S/C28H29F3N6O3/c1-16-14-37-24(32-16)19(28(29,30)31)11-21(34-37)20-12-23(38)35-15-18(5-6-22(35)33-20)17-7-10-36(27(13-17)8-9-27)25(39)40-26(2,3)4/h5-6,11-12,14-15,17H,7-10,13H2,1-4H3. The number of aryl methyl sites for hydroxylation is 1. The topological polar surface area (TPSA) is 94.1 Å². The van der Waals surface area contributed by atoms with E-state index >= 15 is 0 Å². The van der Waals surface area contributed by atoms with Gasteiger partial charge in [0.1, 0.15) is 22.5 Å². The van der Waals surface area contributed by atoms with Crippen molar-refractivity contribution in [3.05, 3.63) is 63.8 Å². The molecule has 6 rings (SSSR count). The van der Waals surface area contributed by atoms with Crippen LogP contribution in [-0.2, 0) is 10.9 Å². The molecule has 1 unspecified atom stereocenters. The largest absolute Gasteiger partial charge is 0.444 e. The molecule has 40 heavy (non-hydrogen) atoms. The number of likely N-dealkylation sites (tertiary alicyclic amines) is 1. The Bertz CT molecular complexity index is 1710. The highest BCUT2D eigenvalue weighted by Gasteiger charge is 2.54. The first-order chi connectivity index (χ1) is 18.7. The van der Waals surface area contributed by atoms with Gasteiger partial charge in [0, 0.05) is 24.3 Å². The number of halogens is 3. The van der Waals surface area contributed by atoms with Gasteiger partial charge in [-0.2, -0.15) is 18.3 Å². The Hall–Kier alpha value is -3.96. The lowest BCUT2D eigenvalue weighted by molar-refractivity contribution is -0.136. The van der Waals surface area contributed by atoms with E-state index in [1.54, 1.807) is 19.2 Å². The molecule has 0 radical (unpaired) electrons. The summed E-state index contributed by atoms with van der Waals surface area (Å²) >= 11 is 0. The highest BCUT2D eigenvalue weighted by molar-refractivity contribution is 5.70. The molecule has 0 N–H and O–H groups in total. The van der Waals surface area contributed by atoms with Crippen LogP contribution in [0.1, 0.15) is 69.2 Å². The van der Waals surface area contributed by atoms with Crippen molar-refractivity contribution in [1.29, 1.82) is 0 Å². The molecule has 4 aromatic rings. The highest BCUT2D eigenvalue weighted by atomic mass is 19.4. The molecule has 1 amide bonds. The number of amides is 1. The molecule has 1 saturated heterocycles. The minimum Gasteiger partial charge on any atom is -0.444 e. The molecule has 5 heterocycles. The number of ether oxygens (including phenoxy) is 1. The van der Waals surface area contributed by atoms with Gasteiger partial charge in [0.2, 0.25) is 0 Å². The molecular weight excluding hydrogens is 525 g/mol. The molecule has 0 bridgehead atoms. The second-order valence-corrected chi connectivity index (χ2v) is 11.8. The number of piperidine rings is 1. The summed E-state index contributed by atoms with van der Waals surface area (Å²) in [5, 5.41) is 4.25. The molecule has 9 nitrogen and oxygen atoms in total. The summed E-state index contributed by atoms with van der Waals surface area (Å²) in [6.45, 7) is 7.70. The van der Waals surface area contributed by atoms with E-state index in [0.29, 0.717) is 17.9 Å². The van der Waals surface area contributed by atoms with Crippen LogP contribution in [0.5, 0.6) is 0 Å². The van der Waals surface area contributed by atoms with Crippen molar-refractivity contribution in [2.45, 2.75) is 76.6 Å². The van der Waals surface area contributed by atoms with Gasteiger partial charge in [-0.05, 0) is 77.0 Å². The van der Waals surface area contributed by atoms with E-state index in [2.05, 4.69) is 15.1 Å². The number of imidazole rings is 1. The van der Waals surface area contributed by atoms with Crippen molar-refractivity contribution >= 4 is 17.4 Å². The van der Waals surface area contributed by atoms with E-state index in [1.807, 2.05) is 31.7 Å². The average molecular weight is 555 g/mol. The number of hydrogen-bond acceptors (Lipinski definition) is 6. The Morgan fingerprint density at radius 1 is 1.07 bits per heavy atom. The molecule has 1 aliphatic heterocycles. The van der Waals surface area contributed by atoms with Crippen molar-refractivity contribution in [2.75, 3.05) is 6.54 Å². The molecule has 1 spiro atoms. The molecule has 1 atom stereocenters. The van der Waals surface area contributed by atoms with E-state index in [0.717, 1.165) is 41.8 Å². The van der Waals surface area contributed by atoms with Gasteiger partial charge in [-0.3, -0.25) is 9.20 Å². The molecule has 2 fully saturated rings. The highest BCUT2D eigenvalue weighted by Crippen LogP contribution is 2.52. The number of carbonyl (C=O) groups excluding carboxylic acids is 1. The molecule has 1 aliphatic carbocycles. The van der Waals surface area contributed by atoms with Gasteiger partial charge in [-0.1, -0.05) is 6.07 Å². The van der Waals surface area contributed by atoms with Crippen LogP contribution in [0, 0.1) is 6.92 Å². The Morgan fingerprint density at radius 3 is 2.50 bits per heavy atom. The lowest BCUT2D eigenvalue weighted by Gasteiger charge is -2.40. The SMILES string of the molecule is Cc1cn2nc(-c3cc(=O)n4cc(C5CCN(C(=O)OC(C)(C)C)C6(CC6)C5)ccc4n3)cc(C(F)(F)F)c2n1. The summed E-state index contributed by atoms with van der Waals surface area (Å²) in [7, 11) is 0. The number of fused-ring (bicyclic) bond motifs is 2. The quantitative estimate of drug-likeness (QED) is 0.330. The van der Waals surface area contributed by atoms with E-state index in [4.69, 9.17) is 4.74 Å². The Kier molecular flexibility index (Phi) is 5.76. The van der Waals surface area contributed by atoms with Gasteiger partial charge < -0.3 is 9.64 Å². The predicted octanol–water partition coefficient (Wildman–Crippen LogP) is 5.38. The van der Waals surface area contributed by atoms with Crippen LogP contribution < -0.4 is 5.56 Å². The maximum atomic E-state index is 13.8. The first-order valence-corrected chi connectivity index (χ1v) is 13.2. The maximum absolute atomic E-state index is 13.8. The number of rotatable bonds is 2. The first-order valence-electron chi connectivity index (χ1n) is 13.2. The van der Waals surface area contributed by atoms with Crippen LogP contribution in [0.15, 0.2) is 41.5 Å². The fourth-order valence-corrected chi connectivity index (χ4v) is 5.61. The average Bonchev–Trinajstić information content (AvgIpc) is 3.50. The summed E-state index contributed by atoms with van der Waals surface area (Å²) in [6.07, 6.45) is 1.51. The molecule has 0 aromatic carbocycles. The molecular formula is C28H29F3N6O3. The van der Waals surface area contributed by atoms with Crippen LogP contribution >= 0.6 is 0 Å². The number of hydrogen-bond donors (Lipinski definition) is 0. The van der Waals surface area contributed by atoms with Crippen LogP contribution in [0.25, 0.3) is 22.7 Å². The first kappa shape index (κ1) is 26.3. The molecule has 210 valence electrons. The summed E-state index contributed by atoms with van der Waals surface area (Å²) in [5.74, 6) is 0.139. The maximum Gasteiger partial charge on any atom is 0.420 e. The van der Waals surface area contributed by atoms with Crippen LogP contribution in [0.2, 0.25) is 0 Å². The molecule has 4 aromatic heterocycles. The van der Waals surface area contributed by atoms with Crippen molar-refractivity contribution < 1.29 is 22.7 Å². The van der Waals surface area contributed by atoms with E-state index < -0.39 is 22.9 Å². The Labute approximate surface area is 227 Å². The number of nitrogens with zero attached hydrogens (tertiary/aromatic N) is 6. The van der Waals surface area contributed by atoms with Gasteiger partial charge in [0.25, 0.3) is 5.56 Å². The fourth-order valence-electron chi connectivity index (χ4n) is 5.61. The zero-order valence-corrected chi connectivity index (χ0v) is 22.6. The second-order valence-electron chi connectivity index (χ2n) is 11.8. The number of alkyl halides is 3. The Balaban J connectivity index is 1.31. The number of carbonyl (C=O) groups is 1. The minimum atomic E-state index is -4.66. The monoisotopic (exact) mass is 554 g/mol. The van der Waals surface area contributed by atoms with Crippen molar-refractivity contribution in [1.82, 2.24) is 28.9 Å². The van der Waals surface area contributed by atoms with Crippen LogP contribution in [-0.4, -0.2) is 52.7 Å². The number of aromatic nitrogens is 5. The van der Waals surface area contributed by atoms with Gasteiger partial charge in [-0.15, -0.1) is 0 Å². The minimum absolute atomic E-state index is 0.0408. The summed E-state index contributed by atoms with van der Waals surface area (Å²) in [4.78, 5) is 36.2. The smallest absolute Gasteiger partial charge is 0.420 e. The normalized spacial score (nSPS) is 19.0. The number of pyridine rings is 1. The van der Waals surface area contributed by atoms with Gasteiger partial charge in [0.05, 0.1) is 17.6 Å². The zero-order chi connectivity index (χ0) is 28.6.